The second kappa shape index (κ2) is 5.72. The smallest absolute Gasteiger partial charge is 0.260 e. The maximum atomic E-state index is 13.8. The van der Waals surface area contributed by atoms with E-state index in [-0.39, 0.29) is 17.8 Å². The van der Waals surface area contributed by atoms with Crippen molar-refractivity contribution in [3.8, 4) is 10.4 Å². The summed E-state index contributed by atoms with van der Waals surface area (Å²) in [6, 6.07) is 10.5. The third kappa shape index (κ3) is 2.60. The zero-order valence-electron chi connectivity index (χ0n) is 11.9. The average molecular weight is 342 g/mol. The van der Waals surface area contributed by atoms with E-state index < -0.39 is 0 Å². The van der Waals surface area contributed by atoms with Gasteiger partial charge in [-0.15, -0.1) is 22.7 Å². The molecule has 0 radical (unpaired) electrons. The minimum atomic E-state index is -0.291. The fraction of sp³-hybridized carbons (Fsp3) is 0.0588. The van der Waals surface area contributed by atoms with E-state index in [4.69, 9.17) is 0 Å². The van der Waals surface area contributed by atoms with Crippen molar-refractivity contribution >= 4 is 32.9 Å². The number of hydrogen-bond donors (Lipinski definition) is 1. The predicted molar refractivity (Wildman–Crippen MR) is 92.8 cm³/mol. The quantitative estimate of drug-likeness (QED) is 0.598. The summed E-state index contributed by atoms with van der Waals surface area (Å²) in [5.41, 5.74) is 1.25. The van der Waals surface area contributed by atoms with Crippen LogP contribution in [0.15, 0.2) is 52.0 Å². The van der Waals surface area contributed by atoms with Crippen LogP contribution in [0.2, 0.25) is 0 Å². The van der Waals surface area contributed by atoms with E-state index in [1.54, 1.807) is 29.5 Å². The van der Waals surface area contributed by atoms with Crippen LogP contribution in [0.3, 0.4) is 0 Å². The van der Waals surface area contributed by atoms with Crippen LogP contribution in [-0.4, -0.2) is 9.97 Å². The summed E-state index contributed by atoms with van der Waals surface area (Å²) in [6.07, 6.45) is 0.268. The molecule has 1 N–H and O–H groups in total. The summed E-state index contributed by atoms with van der Waals surface area (Å²) >= 11 is 3.03. The van der Waals surface area contributed by atoms with Gasteiger partial charge < -0.3 is 4.98 Å². The van der Waals surface area contributed by atoms with Gasteiger partial charge in [0.15, 0.2) is 0 Å². The van der Waals surface area contributed by atoms with Gasteiger partial charge in [-0.25, -0.2) is 9.37 Å². The van der Waals surface area contributed by atoms with Gasteiger partial charge in [0.05, 0.1) is 5.39 Å². The summed E-state index contributed by atoms with van der Waals surface area (Å²) in [7, 11) is 0. The molecule has 0 aliphatic carbocycles. The maximum Gasteiger partial charge on any atom is 0.260 e. The molecule has 114 valence electrons. The highest BCUT2D eigenvalue weighted by molar-refractivity contribution is 7.18. The van der Waals surface area contributed by atoms with Gasteiger partial charge in [0, 0.05) is 22.2 Å². The van der Waals surface area contributed by atoms with Crippen molar-refractivity contribution in [3.63, 3.8) is 0 Å². The zero-order chi connectivity index (χ0) is 15.8. The van der Waals surface area contributed by atoms with Crippen molar-refractivity contribution in [2.45, 2.75) is 6.42 Å². The van der Waals surface area contributed by atoms with Crippen LogP contribution in [0, 0.1) is 5.82 Å². The van der Waals surface area contributed by atoms with Crippen molar-refractivity contribution < 1.29 is 4.39 Å². The Morgan fingerprint density at radius 1 is 1.13 bits per heavy atom. The number of aromatic amines is 1. The molecule has 0 saturated carbocycles. The molecule has 3 heterocycles. The highest BCUT2D eigenvalue weighted by Gasteiger charge is 2.14. The van der Waals surface area contributed by atoms with Crippen molar-refractivity contribution in [1.82, 2.24) is 9.97 Å². The lowest BCUT2D eigenvalue weighted by molar-refractivity contribution is 0.612. The van der Waals surface area contributed by atoms with E-state index in [1.165, 1.54) is 17.4 Å². The lowest BCUT2D eigenvalue weighted by Gasteiger charge is -2.03. The fourth-order valence-electron chi connectivity index (χ4n) is 2.51. The molecule has 6 heteroatoms. The van der Waals surface area contributed by atoms with Gasteiger partial charge >= 0.3 is 0 Å². The molecule has 0 aliphatic rings. The van der Waals surface area contributed by atoms with E-state index in [0.717, 1.165) is 10.4 Å². The van der Waals surface area contributed by atoms with Gasteiger partial charge in [0.2, 0.25) is 0 Å². The number of hydrogen-bond acceptors (Lipinski definition) is 4. The van der Waals surface area contributed by atoms with E-state index in [2.05, 4.69) is 9.97 Å². The number of H-pyrrole nitrogens is 1. The molecule has 1 aromatic carbocycles. The van der Waals surface area contributed by atoms with Gasteiger partial charge in [0.25, 0.3) is 5.56 Å². The second-order valence-electron chi connectivity index (χ2n) is 5.09. The number of halogens is 1. The highest BCUT2D eigenvalue weighted by Crippen LogP contribution is 2.33. The lowest BCUT2D eigenvalue weighted by atomic mass is 10.1. The molecule has 0 spiro atoms. The first kappa shape index (κ1) is 14.3. The van der Waals surface area contributed by atoms with Gasteiger partial charge in [-0.3, -0.25) is 4.79 Å². The average Bonchev–Trinajstić information content (AvgIpc) is 3.18. The van der Waals surface area contributed by atoms with E-state index in [0.29, 0.717) is 21.6 Å². The summed E-state index contributed by atoms with van der Waals surface area (Å²) in [5.74, 6) is 0.188. The summed E-state index contributed by atoms with van der Waals surface area (Å²) < 4.78 is 13.8. The highest BCUT2D eigenvalue weighted by atomic mass is 32.1. The standard InChI is InChI=1S/C17H11FN2OS2/c18-12-5-2-1-4-10(12)8-14-19-16(21)15-11(9-23-17(15)20-14)13-6-3-7-22-13/h1-7,9H,8H2,(H,19,20,21). The van der Waals surface area contributed by atoms with Gasteiger partial charge in [-0.2, -0.15) is 0 Å². The number of thiophene rings is 2. The predicted octanol–water partition coefficient (Wildman–Crippen LogP) is 4.44. The normalized spacial score (nSPS) is 11.2. The molecule has 0 saturated heterocycles. The molecule has 3 aromatic heterocycles. The minimum Gasteiger partial charge on any atom is -0.310 e. The Bertz CT molecular complexity index is 1030. The van der Waals surface area contributed by atoms with Gasteiger partial charge in [-0.1, -0.05) is 24.3 Å². The zero-order valence-corrected chi connectivity index (χ0v) is 13.5. The first-order valence-electron chi connectivity index (χ1n) is 7.00. The van der Waals surface area contributed by atoms with Crippen LogP contribution in [0.4, 0.5) is 4.39 Å². The maximum absolute atomic E-state index is 13.8. The van der Waals surface area contributed by atoms with Gasteiger partial charge in [-0.05, 0) is 23.1 Å². The summed E-state index contributed by atoms with van der Waals surface area (Å²) in [6.45, 7) is 0. The Kier molecular flexibility index (Phi) is 3.55. The van der Waals surface area contributed by atoms with E-state index in [1.807, 2.05) is 22.9 Å². The van der Waals surface area contributed by atoms with Crippen LogP contribution in [0.25, 0.3) is 20.7 Å². The molecule has 0 unspecified atom stereocenters. The molecule has 0 fully saturated rings. The van der Waals surface area contributed by atoms with Crippen molar-refractivity contribution in [2.75, 3.05) is 0 Å². The molecular weight excluding hydrogens is 331 g/mol. The molecule has 0 aliphatic heterocycles. The summed E-state index contributed by atoms with van der Waals surface area (Å²) in [5, 5.41) is 4.54. The first-order valence-corrected chi connectivity index (χ1v) is 8.76. The van der Waals surface area contributed by atoms with Gasteiger partial charge in [0.1, 0.15) is 16.5 Å². The molecule has 0 atom stereocenters. The molecular formula is C17H11FN2OS2. The first-order chi connectivity index (χ1) is 11.2. The Morgan fingerprint density at radius 3 is 2.78 bits per heavy atom. The summed E-state index contributed by atoms with van der Waals surface area (Å²) in [4.78, 5) is 21.5. The van der Waals surface area contributed by atoms with Crippen LogP contribution in [-0.2, 0) is 6.42 Å². The number of benzene rings is 1. The van der Waals surface area contributed by atoms with Crippen LogP contribution in [0.5, 0.6) is 0 Å². The second-order valence-corrected chi connectivity index (χ2v) is 6.89. The Hall–Kier alpha value is -2.31. The largest absolute Gasteiger partial charge is 0.310 e. The molecule has 3 nitrogen and oxygen atoms in total. The third-order valence-electron chi connectivity index (χ3n) is 3.60. The number of rotatable bonds is 3. The topological polar surface area (TPSA) is 45.8 Å². The minimum absolute atomic E-state index is 0.175. The van der Waals surface area contributed by atoms with E-state index in [9.17, 15) is 9.18 Å². The van der Waals surface area contributed by atoms with Crippen LogP contribution >= 0.6 is 22.7 Å². The van der Waals surface area contributed by atoms with Crippen molar-refractivity contribution in [3.05, 3.63) is 74.7 Å². The Labute approximate surface area is 139 Å². The van der Waals surface area contributed by atoms with Crippen molar-refractivity contribution in [2.24, 2.45) is 0 Å². The fourth-order valence-corrected chi connectivity index (χ4v) is 4.29. The number of aromatic nitrogens is 2. The SMILES string of the molecule is O=c1[nH]c(Cc2ccccc2F)nc2scc(-c3cccs3)c12. The Morgan fingerprint density at radius 2 is 2.00 bits per heavy atom. The number of nitrogens with zero attached hydrogens (tertiary/aromatic N) is 1. The molecule has 23 heavy (non-hydrogen) atoms. The van der Waals surface area contributed by atoms with Crippen molar-refractivity contribution in [1.29, 1.82) is 0 Å². The van der Waals surface area contributed by atoms with E-state index >= 15 is 0 Å². The molecule has 0 bridgehead atoms. The van der Waals surface area contributed by atoms with Crippen LogP contribution < -0.4 is 5.56 Å². The van der Waals surface area contributed by atoms with Crippen LogP contribution in [0.1, 0.15) is 11.4 Å². The molecule has 4 rings (SSSR count). The monoisotopic (exact) mass is 342 g/mol. The molecule has 0 amide bonds. The number of nitrogens with one attached hydrogen (secondary N) is 1. The third-order valence-corrected chi connectivity index (χ3v) is 5.37. The molecule has 4 aromatic rings. The number of fused-ring (bicyclic) bond motifs is 1. The Balaban J connectivity index is 1.80. The lowest BCUT2D eigenvalue weighted by Crippen LogP contribution is -2.12.